The number of hydrogen-bond donors (Lipinski definition) is 1. The Morgan fingerprint density at radius 2 is 2.00 bits per heavy atom. The molecule has 20 heavy (non-hydrogen) atoms. The lowest BCUT2D eigenvalue weighted by Crippen LogP contribution is -2.14. The minimum atomic E-state index is -0.394. The highest BCUT2D eigenvalue weighted by Gasteiger charge is 2.10. The maximum Gasteiger partial charge on any atom is 0.344 e. The summed E-state index contributed by atoms with van der Waals surface area (Å²) in [4.78, 5) is 11.2. The number of aromatic nitrogens is 3. The smallest absolute Gasteiger partial charge is 0.344 e. The Hall–Kier alpha value is -2.57. The minimum absolute atomic E-state index is 0.111. The van der Waals surface area contributed by atoms with Gasteiger partial charge < -0.3 is 14.2 Å². The molecule has 7 heteroatoms. The van der Waals surface area contributed by atoms with E-state index in [4.69, 9.17) is 14.2 Å². The summed E-state index contributed by atoms with van der Waals surface area (Å²) >= 11 is 0. The van der Waals surface area contributed by atoms with Crippen LogP contribution in [-0.2, 0) is 9.53 Å². The Balaban J connectivity index is 2.01. The third-order valence-corrected chi connectivity index (χ3v) is 2.50. The average molecular weight is 277 g/mol. The molecule has 0 bridgehead atoms. The zero-order valence-corrected chi connectivity index (χ0v) is 11.3. The lowest BCUT2D eigenvalue weighted by molar-refractivity contribution is -0.145. The van der Waals surface area contributed by atoms with Crippen molar-refractivity contribution < 1.29 is 19.0 Å². The first-order valence-electron chi connectivity index (χ1n) is 6.08. The number of benzene rings is 1. The Morgan fingerprint density at radius 1 is 1.25 bits per heavy atom. The van der Waals surface area contributed by atoms with Crippen molar-refractivity contribution in [3.05, 3.63) is 24.3 Å². The van der Waals surface area contributed by atoms with Crippen LogP contribution in [0.2, 0.25) is 0 Å². The maximum absolute atomic E-state index is 11.2. The molecular weight excluding hydrogens is 262 g/mol. The van der Waals surface area contributed by atoms with Crippen LogP contribution < -0.4 is 9.47 Å². The van der Waals surface area contributed by atoms with Crippen LogP contribution in [0.1, 0.15) is 6.92 Å². The minimum Gasteiger partial charge on any atom is -0.482 e. The molecule has 2 rings (SSSR count). The molecule has 0 radical (unpaired) electrons. The van der Waals surface area contributed by atoms with Gasteiger partial charge in [-0.15, -0.1) is 5.10 Å². The first-order valence-corrected chi connectivity index (χ1v) is 6.08. The van der Waals surface area contributed by atoms with Crippen molar-refractivity contribution >= 4 is 5.97 Å². The highest BCUT2D eigenvalue weighted by Crippen LogP contribution is 2.26. The molecule has 1 N–H and O–H groups in total. The summed E-state index contributed by atoms with van der Waals surface area (Å²) in [6.07, 6.45) is 0. The van der Waals surface area contributed by atoms with E-state index in [-0.39, 0.29) is 6.61 Å². The fourth-order valence-electron chi connectivity index (χ4n) is 1.61. The van der Waals surface area contributed by atoms with E-state index in [1.165, 1.54) is 7.11 Å². The van der Waals surface area contributed by atoms with Crippen LogP contribution in [0.5, 0.6) is 11.6 Å². The molecule has 0 saturated carbocycles. The van der Waals surface area contributed by atoms with Gasteiger partial charge in [0, 0.05) is 5.56 Å². The zero-order chi connectivity index (χ0) is 14.4. The number of H-pyrrole nitrogens is 1. The average Bonchev–Trinajstić information content (AvgIpc) is 2.94. The summed E-state index contributed by atoms with van der Waals surface area (Å²) in [6, 6.07) is 7.09. The summed E-state index contributed by atoms with van der Waals surface area (Å²) in [7, 11) is 1.53. The van der Waals surface area contributed by atoms with Crippen LogP contribution in [0.25, 0.3) is 11.3 Å². The maximum atomic E-state index is 11.2. The van der Waals surface area contributed by atoms with Crippen LogP contribution in [0.4, 0.5) is 0 Å². The summed E-state index contributed by atoms with van der Waals surface area (Å²) in [5, 5.41) is 10.4. The molecule has 0 aliphatic rings. The second-order valence-corrected chi connectivity index (χ2v) is 3.80. The SMILES string of the molecule is CCOC(=O)COc1ccc(-c2n[nH]nc2OC)cc1. The summed E-state index contributed by atoms with van der Waals surface area (Å²) in [5.74, 6) is 0.601. The van der Waals surface area contributed by atoms with Gasteiger partial charge in [-0.3, -0.25) is 0 Å². The lowest BCUT2D eigenvalue weighted by atomic mass is 10.1. The fourth-order valence-corrected chi connectivity index (χ4v) is 1.61. The van der Waals surface area contributed by atoms with Crippen molar-refractivity contribution in [3.63, 3.8) is 0 Å². The largest absolute Gasteiger partial charge is 0.482 e. The monoisotopic (exact) mass is 277 g/mol. The Kier molecular flexibility index (Phi) is 4.54. The highest BCUT2D eigenvalue weighted by atomic mass is 16.6. The molecule has 0 fully saturated rings. The standard InChI is InChI=1S/C13H15N3O4/c1-3-19-11(17)8-20-10-6-4-9(5-7-10)12-13(18-2)15-16-14-12/h4-7H,3,8H2,1-2H3,(H,14,15,16). The number of aromatic amines is 1. The van der Waals surface area contributed by atoms with Gasteiger partial charge in [-0.25, -0.2) is 4.79 Å². The quantitative estimate of drug-likeness (QED) is 0.804. The Bertz CT molecular complexity index is 565. The number of rotatable bonds is 6. The first-order chi connectivity index (χ1) is 9.74. The van der Waals surface area contributed by atoms with E-state index >= 15 is 0 Å². The molecule has 0 saturated heterocycles. The van der Waals surface area contributed by atoms with Gasteiger partial charge >= 0.3 is 5.97 Å². The molecule has 106 valence electrons. The summed E-state index contributed by atoms with van der Waals surface area (Å²) in [6.45, 7) is 1.98. The molecule has 1 aromatic carbocycles. The van der Waals surface area contributed by atoms with Gasteiger partial charge in [-0.05, 0) is 31.2 Å². The summed E-state index contributed by atoms with van der Waals surface area (Å²) in [5.41, 5.74) is 1.45. The van der Waals surface area contributed by atoms with Crippen molar-refractivity contribution in [2.45, 2.75) is 6.92 Å². The molecule has 0 amide bonds. The van der Waals surface area contributed by atoms with Crippen molar-refractivity contribution in [1.82, 2.24) is 15.4 Å². The van der Waals surface area contributed by atoms with Crippen LogP contribution in [0.3, 0.4) is 0 Å². The third-order valence-electron chi connectivity index (χ3n) is 2.50. The van der Waals surface area contributed by atoms with Crippen molar-refractivity contribution in [1.29, 1.82) is 0 Å². The van der Waals surface area contributed by atoms with Gasteiger partial charge in [0.05, 0.1) is 13.7 Å². The molecule has 2 aromatic rings. The Labute approximate surface area is 115 Å². The summed E-state index contributed by atoms with van der Waals surface area (Å²) < 4.78 is 15.2. The molecule has 7 nitrogen and oxygen atoms in total. The molecule has 0 spiro atoms. The molecule has 1 heterocycles. The van der Waals surface area contributed by atoms with E-state index in [2.05, 4.69) is 15.4 Å². The van der Waals surface area contributed by atoms with E-state index in [0.717, 1.165) is 5.56 Å². The number of ether oxygens (including phenoxy) is 3. The Morgan fingerprint density at radius 3 is 2.65 bits per heavy atom. The molecular formula is C13H15N3O4. The van der Waals surface area contributed by atoms with E-state index < -0.39 is 5.97 Å². The van der Waals surface area contributed by atoms with Gasteiger partial charge in [0.2, 0.25) is 0 Å². The highest BCUT2D eigenvalue weighted by molar-refractivity contribution is 5.71. The number of nitrogens with one attached hydrogen (secondary N) is 1. The van der Waals surface area contributed by atoms with Crippen LogP contribution >= 0.6 is 0 Å². The van der Waals surface area contributed by atoms with Gasteiger partial charge in [-0.2, -0.15) is 10.3 Å². The van der Waals surface area contributed by atoms with E-state index in [1.54, 1.807) is 31.2 Å². The van der Waals surface area contributed by atoms with E-state index in [9.17, 15) is 4.79 Å². The molecule has 0 unspecified atom stereocenters. The van der Waals surface area contributed by atoms with Crippen molar-refractivity contribution in [3.8, 4) is 22.9 Å². The molecule has 0 aliphatic carbocycles. The number of carbonyl (C=O) groups is 1. The fraction of sp³-hybridized carbons (Fsp3) is 0.308. The van der Waals surface area contributed by atoms with Gasteiger partial charge in [0.15, 0.2) is 12.3 Å². The topological polar surface area (TPSA) is 86.3 Å². The van der Waals surface area contributed by atoms with Gasteiger partial charge in [0.1, 0.15) is 5.75 Å². The van der Waals surface area contributed by atoms with Gasteiger partial charge in [0.25, 0.3) is 5.88 Å². The van der Waals surface area contributed by atoms with Crippen molar-refractivity contribution in [2.24, 2.45) is 0 Å². The first kappa shape index (κ1) is 13.9. The number of carbonyl (C=O) groups excluding carboxylic acids is 1. The predicted molar refractivity (Wildman–Crippen MR) is 70.5 cm³/mol. The normalized spacial score (nSPS) is 10.1. The van der Waals surface area contributed by atoms with E-state index in [1.807, 2.05) is 0 Å². The molecule has 0 atom stereocenters. The number of hydrogen-bond acceptors (Lipinski definition) is 6. The predicted octanol–water partition coefficient (Wildman–Crippen LogP) is 1.42. The second kappa shape index (κ2) is 6.55. The number of nitrogens with zero attached hydrogens (tertiary/aromatic N) is 2. The van der Waals surface area contributed by atoms with Crippen LogP contribution in [0, 0.1) is 0 Å². The van der Waals surface area contributed by atoms with Crippen LogP contribution in [0.15, 0.2) is 24.3 Å². The second-order valence-electron chi connectivity index (χ2n) is 3.80. The number of methoxy groups -OCH3 is 1. The van der Waals surface area contributed by atoms with Crippen molar-refractivity contribution in [2.75, 3.05) is 20.3 Å². The third kappa shape index (κ3) is 3.25. The number of esters is 1. The van der Waals surface area contributed by atoms with Gasteiger partial charge in [-0.1, -0.05) is 0 Å². The molecule has 0 aliphatic heterocycles. The lowest BCUT2D eigenvalue weighted by Gasteiger charge is -2.06. The molecule has 1 aromatic heterocycles. The zero-order valence-electron chi connectivity index (χ0n) is 11.3. The van der Waals surface area contributed by atoms with Crippen LogP contribution in [-0.4, -0.2) is 41.7 Å². The van der Waals surface area contributed by atoms with E-state index in [0.29, 0.717) is 23.9 Å².